The molecule has 2 N–H and O–H groups in total. The lowest BCUT2D eigenvalue weighted by Crippen LogP contribution is -2.47. The van der Waals surface area contributed by atoms with Gasteiger partial charge in [-0.05, 0) is 26.2 Å². The molecular formula is C11H18ClN3O2. The van der Waals surface area contributed by atoms with Gasteiger partial charge in [-0.2, -0.15) is 0 Å². The van der Waals surface area contributed by atoms with Crippen LogP contribution in [0.25, 0.3) is 0 Å². The zero-order valence-electron chi connectivity index (χ0n) is 9.89. The lowest BCUT2D eigenvalue weighted by molar-refractivity contribution is 0.0612. The number of nitrogens with zero attached hydrogens (tertiary/aromatic N) is 2. The van der Waals surface area contributed by atoms with E-state index in [1.807, 2.05) is 4.90 Å². The van der Waals surface area contributed by atoms with Crippen molar-refractivity contribution in [1.29, 1.82) is 0 Å². The third kappa shape index (κ3) is 2.98. The van der Waals surface area contributed by atoms with Gasteiger partial charge in [0, 0.05) is 25.2 Å². The van der Waals surface area contributed by atoms with Crippen LogP contribution in [-0.4, -0.2) is 35.1 Å². The number of rotatable bonds is 2. The molecule has 17 heavy (non-hydrogen) atoms. The molecule has 6 heteroatoms. The number of halogens is 1. The number of hydrogen-bond acceptors (Lipinski definition) is 4. The number of aromatic nitrogens is 1. The van der Waals surface area contributed by atoms with E-state index in [9.17, 15) is 4.79 Å². The van der Waals surface area contributed by atoms with Gasteiger partial charge in [-0.15, -0.1) is 12.4 Å². The number of nitrogens with two attached hydrogens (primary N) is 1. The highest BCUT2D eigenvalue weighted by atomic mass is 35.5. The fraction of sp³-hybridized carbons (Fsp3) is 0.636. The second-order valence-electron chi connectivity index (χ2n) is 4.21. The van der Waals surface area contributed by atoms with E-state index in [0.717, 1.165) is 25.8 Å². The zero-order valence-corrected chi connectivity index (χ0v) is 10.7. The van der Waals surface area contributed by atoms with Crippen LogP contribution in [0.5, 0.6) is 0 Å². The molecule has 1 atom stereocenters. The molecular weight excluding hydrogens is 242 g/mol. The lowest BCUT2D eigenvalue weighted by Gasteiger charge is -2.34. The summed E-state index contributed by atoms with van der Waals surface area (Å²) >= 11 is 0. The number of carbonyl (C=O) groups excluding carboxylic acids is 1. The Morgan fingerprint density at radius 2 is 2.41 bits per heavy atom. The summed E-state index contributed by atoms with van der Waals surface area (Å²) in [6, 6.07) is 1.82. The molecule has 0 aromatic carbocycles. The molecule has 0 saturated carbocycles. The van der Waals surface area contributed by atoms with E-state index in [1.54, 1.807) is 13.0 Å². The number of likely N-dealkylation sites (tertiary alicyclic amines) is 1. The van der Waals surface area contributed by atoms with Crippen molar-refractivity contribution in [2.45, 2.75) is 32.2 Å². The van der Waals surface area contributed by atoms with Gasteiger partial charge < -0.3 is 15.2 Å². The molecule has 1 aliphatic heterocycles. The average molecular weight is 260 g/mol. The third-order valence-corrected chi connectivity index (χ3v) is 3.01. The van der Waals surface area contributed by atoms with Crippen molar-refractivity contribution in [3.8, 4) is 0 Å². The SMILES string of the molecule is Cc1cc(C(=O)N2CCCCC2CN)no1.Cl. The van der Waals surface area contributed by atoms with Gasteiger partial charge in [0.15, 0.2) is 5.69 Å². The van der Waals surface area contributed by atoms with Crippen LogP contribution in [0.3, 0.4) is 0 Å². The van der Waals surface area contributed by atoms with E-state index in [0.29, 0.717) is 18.0 Å². The van der Waals surface area contributed by atoms with Crippen LogP contribution in [0.2, 0.25) is 0 Å². The molecule has 1 unspecified atom stereocenters. The van der Waals surface area contributed by atoms with Crippen molar-refractivity contribution in [2.24, 2.45) is 5.73 Å². The van der Waals surface area contributed by atoms with Crippen LogP contribution in [0.4, 0.5) is 0 Å². The van der Waals surface area contributed by atoms with Crippen LogP contribution in [0.15, 0.2) is 10.6 Å². The summed E-state index contributed by atoms with van der Waals surface area (Å²) in [7, 11) is 0. The van der Waals surface area contributed by atoms with E-state index in [-0.39, 0.29) is 24.4 Å². The lowest BCUT2D eigenvalue weighted by atomic mass is 10.0. The van der Waals surface area contributed by atoms with E-state index in [1.165, 1.54) is 0 Å². The first kappa shape index (κ1) is 14.0. The summed E-state index contributed by atoms with van der Waals surface area (Å²) in [4.78, 5) is 14.0. The summed E-state index contributed by atoms with van der Waals surface area (Å²) < 4.78 is 4.92. The van der Waals surface area contributed by atoms with Crippen molar-refractivity contribution in [1.82, 2.24) is 10.1 Å². The summed E-state index contributed by atoms with van der Waals surface area (Å²) in [6.45, 7) is 3.07. The molecule has 2 rings (SSSR count). The first-order chi connectivity index (χ1) is 7.72. The number of carbonyl (C=O) groups is 1. The van der Waals surface area contributed by atoms with E-state index in [4.69, 9.17) is 10.3 Å². The van der Waals surface area contributed by atoms with Gasteiger partial charge in [0.05, 0.1) is 0 Å². The van der Waals surface area contributed by atoms with Crippen molar-refractivity contribution >= 4 is 18.3 Å². The highest BCUT2D eigenvalue weighted by Gasteiger charge is 2.27. The Balaban J connectivity index is 0.00000144. The van der Waals surface area contributed by atoms with E-state index >= 15 is 0 Å². The predicted molar refractivity (Wildman–Crippen MR) is 66.2 cm³/mol. The molecule has 5 nitrogen and oxygen atoms in total. The van der Waals surface area contributed by atoms with Crippen molar-refractivity contribution in [2.75, 3.05) is 13.1 Å². The topological polar surface area (TPSA) is 72.4 Å². The van der Waals surface area contributed by atoms with Crippen LogP contribution in [0, 0.1) is 6.92 Å². The Kier molecular flexibility index (Phi) is 4.96. The predicted octanol–water partition coefficient (Wildman–Crippen LogP) is 1.36. The third-order valence-electron chi connectivity index (χ3n) is 3.01. The molecule has 1 saturated heterocycles. The molecule has 2 heterocycles. The molecule has 1 aromatic rings. The summed E-state index contributed by atoms with van der Waals surface area (Å²) in [5, 5.41) is 3.75. The van der Waals surface area contributed by atoms with Crippen LogP contribution in [-0.2, 0) is 0 Å². The monoisotopic (exact) mass is 259 g/mol. The number of aryl methyl sites for hydroxylation is 1. The first-order valence-corrected chi connectivity index (χ1v) is 5.66. The maximum absolute atomic E-state index is 12.1. The van der Waals surface area contributed by atoms with Gasteiger partial charge in [0.2, 0.25) is 0 Å². The fourth-order valence-electron chi connectivity index (χ4n) is 2.13. The Morgan fingerprint density at radius 3 is 3.00 bits per heavy atom. The molecule has 0 aliphatic carbocycles. The molecule has 0 bridgehead atoms. The largest absolute Gasteiger partial charge is 0.361 e. The minimum absolute atomic E-state index is 0. The Hall–Kier alpha value is -1.07. The molecule has 1 amide bonds. The maximum Gasteiger partial charge on any atom is 0.276 e. The standard InChI is InChI=1S/C11H17N3O2.ClH/c1-8-6-10(13-16-8)11(15)14-5-3-2-4-9(14)7-12;/h6,9H,2-5,7,12H2,1H3;1H. The first-order valence-electron chi connectivity index (χ1n) is 5.66. The van der Waals surface area contributed by atoms with Gasteiger partial charge >= 0.3 is 0 Å². The van der Waals surface area contributed by atoms with Crippen LogP contribution < -0.4 is 5.73 Å². The van der Waals surface area contributed by atoms with Crippen molar-refractivity contribution in [3.05, 3.63) is 17.5 Å². The number of piperidine rings is 1. The van der Waals surface area contributed by atoms with Gasteiger partial charge in [-0.1, -0.05) is 5.16 Å². The highest BCUT2D eigenvalue weighted by Crippen LogP contribution is 2.18. The molecule has 0 radical (unpaired) electrons. The fourth-order valence-corrected chi connectivity index (χ4v) is 2.13. The van der Waals surface area contributed by atoms with Crippen LogP contribution >= 0.6 is 12.4 Å². The van der Waals surface area contributed by atoms with E-state index < -0.39 is 0 Å². The zero-order chi connectivity index (χ0) is 11.5. The molecule has 1 aromatic heterocycles. The molecule has 1 aliphatic rings. The minimum atomic E-state index is -0.0630. The van der Waals surface area contributed by atoms with E-state index in [2.05, 4.69) is 5.16 Å². The Labute approximate surface area is 107 Å². The second kappa shape index (κ2) is 6.02. The summed E-state index contributed by atoms with van der Waals surface area (Å²) in [6.07, 6.45) is 3.17. The summed E-state index contributed by atoms with van der Waals surface area (Å²) in [5.74, 6) is 0.594. The Morgan fingerprint density at radius 1 is 1.65 bits per heavy atom. The molecule has 1 fully saturated rings. The quantitative estimate of drug-likeness (QED) is 0.870. The Bertz CT molecular complexity index is 381. The average Bonchev–Trinajstić information content (AvgIpc) is 2.75. The molecule has 0 spiro atoms. The van der Waals surface area contributed by atoms with Crippen molar-refractivity contribution < 1.29 is 9.32 Å². The highest BCUT2D eigenvalue weighted by molar-refractivity contribution is 5.92. The minimum Gasteiger partial charge on any atom is -0.361 e. The van der Waals surface area contributed by atoms with Gasteiger partial charge in [-0.25, -0.2) is 0 Å². The number of hydrogen-bond donors (Lipinski definition) is 1. The second-order valence-corrected chi connectivity index (χ2v) is 4.21. The smallest absolute Gasteiger partial charge is 0.276 e. The van der Waals surface area contributed by atoms with Gasteiger partial charge in [0.1, 0.15) is 5.76 Å². The van der Waals surface area contributed by atoms with Crippen molar-refractivity contribution in [3.63, 3.8) is 0 Å². The molecule has 96 valence electrons. The van der Waals surface area contributed by atoms with Crippen LogP contribution in [0.1, 0.15) is 35.5 Å². The summed E-state index contributed by atoms with van der Waals surface area (Å²) in [5.41, 5.74) is 6.06. The van der Waals surface area contributed by atoms with Gasteiger partial charge in [-0.3, -0.25) is 4.79 Å². The normalized spacial score (nSPS) is 19.9. The number of amides is 1. The van der Waals surface area contributed by atoms with Gasteiger partial charge in [0.25, 0.3) is 5.91 Å². The maximum atomic E-state index is 12.1.